The van der Waals surface area contributed by atoms with E-state index in [0.29, 0.717) is 0 Å². The number of alkyl halides is 3. The second kappa shape index (κ2) is 6.35. The molecule has 0 aromatic heterocycles. The zero-order chi connectivity index (χ0) is 18.3. The van der Waals surface area contributed by atoms with Crippen LogP contribution in [-0.4, -0.2) is 12.1 Å². The van der Waals surface area contributed by atoms with Crippen LogP contribution in [0.25, 0.3) is 0 Å². The van der Waals surface area contributed by atoms with Crippen LogP contribution in [0.1, 0.15) is 19.4 Å². The first-order valence-electron chi connectivity index (χ1n) is 7.00. The van der Waals surface area contributed by atoms with Crippen molar-refractivity contribution in [3.05, 3.63) is 46.5 Å². The van der Waals surface area contributed by atoms with E-state index < -0.39 is 52.7 Å². The van der Waals surface area contributed by atoms with Gasteiger partial charge in [0, 0.05) is 5.56 Å². The number of hydrogen-bond acceptors (Lipinski definition) is 2. The van der Waals surface area contributed by atoms with Crippen LogP contribution in [0, 0.1) is 28.9 Å². The normalized spacial score (nSPS) is 23.1. The van der Waals surface area contributed by atoms with E-state index in [1.54, 1.807) is 13.8 Å². The van der Waals surface area contributed by atoms with Gasteiger partial charge in [0.1, 0.15) is 11.6 Å². The zero-order valence-electron chi connectivity index (χ0n) is 12.8. The van der Waals surface area contributed by atoms with Crippen LogP contribution in [-0.2, 0) is 16.1 Å². The van der Waals surface area contributed by atoms with Gasteiger partial charge in [0.25, 0.3) is 0 Å². The Morgan fingerprint density at radius 3 is 2.54 bits per heavy atom. The molecule has 24 heavy (non-hydrogen) atoms. The molecular formula is C16H14ClF5O2. The molecule has 0 heterocycles. The molecule has 0 bridgehead atoms. The lowest BCUT2D eigenvalue weighted by atomic mass is 10.1. The minimum atomic E-state index is -4.68. The van der Waals surface area contributed by atoms with E-state index in [4.69, 9.17) is 16.3 Å². The van der Waals surface area contributed by atoms with E-state index in [0.717, 1.165) is 12.1 Å². The summed E-state index contributed by atoms with van der Waals surface area (Å²) >= 11 is 5.19. The monoisotopic (exact) mass is 368 g/mol. The lowest BCUT2D eigenvalue weighted by molar-refractivity contribution is -0.147. The van der Waals surface area contributed by atoms with Crippen molar-refractivity contribution in [1.82, 2.24) is 0 Å². The van der Waals surface area contributed by atoms with Crippen molar-refractivity contribution in [2.45, 2.75) is 26.6 Å². The summed E-state index contributed by atoms with van der Waals surface area (Å²) < 4.78 is 68.9. The topological polar surface area (TPSA) is 26.3 Å². The van der Waals surface area contributed by atoms with Crippen LogP contribution >= 0.6 is 11.6 Å². The summed E-state index contributed by atoms with van der Waals surface area (Å²) in [4.78, 5) is 12.0. The van der Waals surface area contributed by atoms with Crippen molar-refractivity contribution in [1.29, 1.82) is 0 Å². The number of hydrogen-bond donors (Lipinski definition) is 0. The van der Waals surface area contributed by atoms with Crippen molar-refractivity contribution in [2.75, 3.05) is 0 Å². The van der Waals surface area contributed by atoms with E-state index in [9.17, 15) is 26.7 Å². The first-order chi connectivity index (χ1) is 11.0. The van der Waals surface area contributed by atoms with Gasteiger partial charge in [-0.1, -0.05) is 43.7 Å². The summed E-state index contributed by atoms with van der Waals surface area (Å²) in [6.07, 6.45) is -3.89. The molecule has 8 heteroatoms. The number of esters is 1. The number of ether oxygens (including phenoxy) is 1. The Morgan fingerprint density at radius 1 is 1.33 bits per heavy atom. The third-order valence-corrected chi connectivity index (χ3v) is 4.50. The second-order valence-electron chi connectivity index (χ2n) is 6.16. The summed E-state index contributed by atoms with van der Waals surface area (Å²) in [5.74, 6) is -4.55. The summed E-state index contributed by atoms with van der Waals surface area (Å²) in [5.41, 5.74) is -0.912. The number of carbonyl (C=O) groups excluding carboxylic acids is 1. The fourth-order valence-electron chi connectivity index (χ4n) is 2.59. The van der Waals surface area contributed by atoms with Crippen molar-refractivity contribution < 1.29 is 31.5 Å². The number of halogens is 6. The molecule has 1 aromatic carbocycles. The molecule has 1 aromatic rings. The second-order valence-corrected chi connectivity index (χ2v) is 6.57. The van der Waals surface area contributed by atoms with Crippen molar-refractivity contribution in [3.63, 3.8) is 0 Å². The SMILES string of the molecule is CC1(C)[C@H](C=C(Cl)C(F)(F)F)[C@@H]1C(=O)OCc1cccc(F)c1F. The van der Waals surface area contributed by atoms with Crippen molar-refractivity contribution in [2.24, 2.45) is 17.3 Å². The fourth-order valence-corrected chi connectivity index (χ4v) is 2.73. The number of carbonyl (C=O) groups is 1. The maximum Gasteiger partial charge on any atom is 0.426 e. The van der Waals surface area contributed by atoms with Crippen molar-refractivity contribution >= 4 is 17.6 Å². The van der Waals surface area contributed by atoms with Crippen molar-refractivity contribution in [3.8, 4) is 0 Å². The molecule has 132 valence electrons. The standard InChI is InChI=1S/C16H14ClF5O2/c1-15(2)9(6-11(17)16(20,21)22)12(15)14(23)24-7-8-4-3-5-10(18)13(8)19/h3-6,9,12H,7H2,1-2H3/t9-,12-/m1/s1. The van der Waals surface area contributed by atoms with Gasteiger partial charge in [-0.15, -0.1) is 0 Å². The zero-order valence-corrected chi connectivity index (χ0v) is 13.5. The summed E-state index contributed by atoms with van der Waals surface area (Å²) in [6.45, 7) is 2.70. The molecular weight excluding hydrogens is 355 g/mol. The maximum atomic E-state index is 13.5. The van der Waals surface area contributed by atoms with E-state index in [-0.39, 0.29) is 5.56 Å². The molecule has 2 atom stereocenters. The van der Waals surface area contributed by atoms with Gasteiger partial charge in [0.2, 0.25) is 0 Å². The van der Waals surface area contributed by atoms with Crippen LogP contribution in [0.3, 0.4) is 0 Å². The molecule has 1 fully saturated rings. The summed E-state index contributed by atoms with van der Waals surface area (Å²) in [6, 6.07) is 3.43. The molecule has 1 aliphatic carbocycles. The van der Waals surface area contributed by atoms with Gasteiger partial charge in [-0.05, 0) is 17.4 Å². The molecule has 0 spiro atoms. The molecule has 0 saturated heterocycles. The van der Waals surface area contributed by atoms with Gasteiger partial charge in [-0.3, -0.25) is 4.79 Å². The Bertz CT molecular complexity index is 682. The lowest BCUT2D eigenvalue weighted by Crippen LogP contribution is -2.12. The quantitative estimate of drug-likeness (QED) is 0.554. The average Bonchev–Trinajstić information content (AvgIpc) is 3.00. The fraction of sp³-hybridized carbons (Fsp3) is 0.438. The lowest BCUT2D eigenvalue weighted by Gasteiger charge is -2.07. The Labute approximate surface area is 140 Å². The molecule has 1 aliphatic rings. The van der Waals surface area contributed by atoms with Crippen LogP contribution < -0.4 is 0 Å². The Hall–Kier alpha value is -1.63. The van der Waals surface area contributed by atoms with Gasteiger partial charge in [0.05, 0.1) is 5.92 Å². The summed E-state index contributed by atoms with van der Waals surface area (Å²) in [7, 11) is 0. The number of allylic oxidation sites excluding steroid dienone is 2. The minimum absolute atomic E-state index is 0.151. The van der Waals surface area contributed by atoms with Gasteiger partial charge in [-0.2, -0.15) is 13.2 Å². The van der Waals surface area contributed by atoms with Crippen LogP contribution in [0.15, 0.2) is 29.3 Å². The third kappa shape index (κ3) is 3.71. The van der Waals surface area contributed by atoms with E-state index in [1.165, 1.54) is 12.1 Å². The third-order valence-electron chi connectivity index (χ3n) is 4.16. The van der Waals surface area contributed by atoms with E-state index >= 15 is 0 Å². The molecule has 0 amide bonds. The Morgan fingerprint density at radius 2 is 1.96 bits per heavy atom. The van der Waals surface area contributed by atoms with Gasteiger partial charge in [-0.25, -0.2) is 8.78 Å². The molecule has 2 nitrogen and oxygen atoms in total. The maximum absolute atomic E-state index is 13.5. The highest BCUT2D eigenvalue weighted by molar-refractivity contribution is 6.30. The first-order valence-corrected chi connectivity index (χ1v) is 7.38. The van der Waals surface area contributed by atoms with Crippen LogP contribution in [0.2, 0.25) is 0 Å². The van der Waals surface area contributed by atoms with Crippen LogP contribution in [0.5, 0.6) is 0 Å². The number of rotatable bonds is 4. The first kappa shape index (κ1) is 18.7. The predicted octanol–water partition coefficient (Wildman–Crippen LogP) is 4.97. The summed E-state index contributed by atoms with van der Waals surface area (Å²) in [5, 5.41) is -1.30. The molecule has 2 rings (SSSR count). The van der Waals surface area contributed by atoms with Gasteiger partial charge >= 0.3 is 12.1 Å². The Kier molecular flexibility index (Phi) is 4.95. The number of benzene rings is 1. The highest BCUT2D eigenvalue weighted by Crippen LogP contribution is 2.60. The molecule has 0 N–H and O–H groups in total. The van der Waals surface area contributed by atoms with Gasteiger partial charge in [0.15, 0.2) is 11.6 Å². The molecule has 0 radical (unpaired) electrons. The Balaban J connectivity index is 2.04. The molecule has 1 saturated carbocycles. The smallest absolute Gasteiger partial charge is 0.426 e. The minimum Gasteiger partial charge on any atom is -0.460 e. The highest BCUT2D eigenvalue weighted by Gasteiger charge is 2.62. The predicted molar refractivity (Wildman–Crippen MR) is 76.9 cm³/mol. The highest BCUT2D eigenvalue weighted by atomic mass is 35.5. The largest absolute Gasteiger partial charge is 0.460 e. The van der Waals surface area contributed by atoms with Crippen LogP contribution in [0.4, 0.5) is 22.0 Å². The average molecular weight is 369 g/mol. The van der Waals surface area contributed by atoms with Gasteiger partial charge < -0.3 is 4.74 Å². The van der Waals surface area contributed by atoms with E-state index in [1.807, 2.05) is 0 Å². The molecule has 0 aliphatic heterocycles. The molecule has 0 unspecified atom stereocenters. The van der Waals surface area contributed by atoms with E-state index in [2.05, 4.69) is 0 Å².